The summed E-state index contributed by atoms with van der Waals surface area (Å²) in [4.78, 5) is 12.0. The fourth-order valence-electron chi connectivity index (χ4n) is 2.05. The van der Waals surface area contributed by atoms with Gasteiger partial charge in [0.25, 0.3) is 0 Å². The van der Waals surface area contributed by atoms with E-state index in [9.17, 15) is 4.79 Å². The molecule has 0 atom stereocenters. The van der Waals surface area contributed by atoms with Crippen molar-refractivity contribution < 1.29 is 4.79 Å². The Bertz CT molecular complexity index is 754. The highest BCUT2D eigenvalue weighted by Gasteiger charge is 2.02. The smallest absolute Gasteiger partial charge is 0.248 e. The predicted octanol–water partition coefficient (Wildman–Crippen LogP) is 4.55. The molecule has 2 nitrogen and oxygen atoms in total. The van der Waals surface area contributed by atoms with E-state index in [1.165, 1.54) is 0 Å². The Kier molecular flexibility index (Phi) is 3.61. The molecule has 20 heavy (non-hydrogen) atoms. The lowest BCUT2D eigenvalue weighted by Crippen LogP contribution is -2.07. The third-order valence-corrected chi connectivity index (χ3v) is 3.72. The summed E-state index contributed by atoms with van der Waals surface area (Å²) in [6, 6.07) is 15.9. The van der Waals surface area contributed by atoms with Gasteiger partial charge in [0, 0.05) is 17.1 Å². The van der Waals surface area contributed by atoms with Gasteiger partial charge in [-0.1, -0.05) is 36.4 Å². The van der Waals surface area contributed by atoms with Gasteiger partial charge in [0.05, 0.1) is 0 Å². The largest absolute Gasteiger partial charge is 0.322 e. The zero-order valence-corrected chi connectivity index (χ0v) is 11.6. The number of rotatable bonds is 3. The van der Waals surface area contributed by atoms with Crippen LogP contribution in [0.2, 0.25) is 0 Å². The number of carbonyl (C=O) groups excluding carboxylic acids is 1. The van der Waals surface area contributed by atoms with Crippen LogP contribution < -0.4 is 5.32 Å². The summed E-state index contributed by atoms with van der Waals surface area (Å²) in [7, 11) is 0. The van der Waals surface area contributed by atoms with Crippen LogP contribution in [0.5, 0.6) is 0 Å². The second-order valence-corrected chi connectivity index (χ2v) is 5.19. The summed E-state index contributed by atoms with van der Waals surface area (Å²) in [5, 5.41) is 9.08. The molecule has 3 heteroatoms. The molecule has 0 spiro atoms. The van der Waals surface area contributed by atoms with E-state index in [1.54, 1.807) is 17.4 Å². The topological polar surface area (TPSA) is 29.1 Å². The second-order valence-electron chi connectivity index (χ2n) is 4.41. The summed E-state index contributed by atoms with van der Waals surface area (Å²) < 4.78 is 0. The van der Waals surface area contributed by atoms with Gasteiger partial charge >= 0.3 is 0 Å². The number of hydrogen-bond donors (Lipinski definition) is 1. The maximum atomic E-state index is 12.0. The molecule has 3 rings (SSSR count). The second kappa shape index (κ2) is 5.72. The van der Waals surface area contributed by atoms with Gasteiger partial charge in [0.15, 0.2) is 0 Å². The van der Waals surface area contributed by atoms with Crippen LogP contribution in [0.1, 0.15) is 5.56 Å². The van der Waals surface area contributed by atoms with Gasteiger partial charge < -0.3 is 5.32 Å². The van der Waals surface area contributed by atoms with Crippen LogP contribution in [-0.4, -0.2) is 5.91 Å². The van der Waals surface area contributed by atoms with Crippen molar-refractivity contribution in [3.05, 3.63) is 70.9 Å². The molecule has 2 aromatic carbocycles. The zero-order valence-electron chi connectivity index (χ0n) is 10.7. The lowest BCUT2D eigenvalue weighted by Gasteiger charge is -2.06. The normalized spacial score (nSPS) is 11.0. The fraction of sp³-hybridized carbons (Fsp3) is 0. The standard InChI is InChI=1S/C17H13NOS/c19-17(9-8-13-10-11-20-12-13)18-16-7-3-5-14-4-1-2-6-15(14)16/h1-12H,(H,18,19)/b9-8+. The Hall–Kier alpha value is -2.39. The van der Waals surface area contributed by atoms with Crippen LogP contribution in [0.25, 0.3) is 16.8 Å². The van der Waals surface area contributed by atoms with Crippen molar-refractivity contribution in [2.45, 2.75) is 0 Å². The van der Waals surface area contributed by atoms with Crippen molar-refractivity contribution in [2.24, 2.45) is 0 Å². The van der Waals surface area contributed by atoms with E-state index in [1.807, 2.05) is 65.4 Å². The van der Waals surface area contributed by atoms with Crippen molar-refractivity contribution >= 4 is 39.8 Å². The highest BCUT2D eigenvalue weighted by molar-refractivity contribution is 7.08. The number of nitrogens with one attached hydrogen (secondary N) is 1. The van der Waals surface area contributed by atoms with E-state index in [0.29, 0.717) is 0 Å². The Labute approximate surface area is 121 Å². The van der Waals surface area contributed by atoms with Crippen LogP contribution in [0.4, 0.5) is 5.69 Å². The Morgan fingerprint density at radius 2 is 1.90 bits per heavy atom. The Morgan fingerprint density at radius 1 is 1.05 bits per heavy atom. The lowest BCUT2D eigenvalue weighted by molar-refractivity contribution is -0.111. The average molecular weight is 279 g/mol. The molecule has 1 N–H and O–H groups in total. The fourth-order valence-corrected chi connectivity index (χ4v) is 2.68. The number of carbonyl (C=O) groups is 1. The first-order valence-electron chi connectivity index (χ1n) is 6.32. The van der Waals surface area contributed by atoms with Crippen LogP contribution >= 0.6 is 11.3 Å². The quantitative estimate of drug-likeness (QED) is 0.700. The van der Waals surface area contributed by atoms with E-state index in [4.69, 9.17) is 0 Å². The SMILES string of the molecule is O=C(/C=C/c1ccsc1)Nc1cccc2ccccc12. The molecule has 0 bridgehead atoms. The molecule has 0 aliphatic carbocycles. The third kappa shape index (κ3) is 2.78. The number of hydrogen-bond acceptors (Lipinski definition) is 2. The van der Waals surface area contributed by atoms with E-state index in [2.05, 4.69) is 5.32 Å². The molecule has 0 unspecified atom stereocenters. The third-order valence-electron chi connectivity index (χ3n) is 3.02. The first-order valence-corrected chi connectivity index (χ1v) is 7.26. The summed E-state index contributed by atoms with van der Waals surface area (Å²) >= 11 is 1.61. The van der Waals surface area contributed by atoms with E-state index >= 15 is 0 Å². The van der Waals surface area contributed by atoms with Crippen molar-refractivity contribution in [1.82, 2.24) is 0 Å². The maximum Gasteiger partial charge on any atom is 0.248 e. The van der Waals surface area contributed by atoms with E-state index in [-0.39, 0.29) is 5.91 Å². The minimum atomic E-state index is -0.118. The van der Waals surface area contributed by atoms with Crippen LogP contribution in [0.3, 0.4) is 0 Å². The Balaban J connectivity index is 1.81. The van der Waals surface area contributed by atoms with Gasteiger partial charge in [-0.15, -0.1) is 0 Å². The summed E-state index contributed by atoms with van der Waals surface area (Å²) in [6.45, 7) is 0. The Morgan fingerprint density at radius 3 is 2.75 bits per heavy atom. The number of amides is 1. The van der Waals surface area contributed by atoms with Gasteiger partial charge in [-0.3, -0.25) is 4.79 Å². The first-order chi connectivity index (χ1) is 9.83. The van der Waals surface area contributed by atoms with E-state index < -0.39 is 0 Å². The molecule has 1 amide bonds. The molecule has 1 aromatic heterocycles. The molecule has 1 heterocycles. The molecule has 0 aliphatic heterocycles. The zero-order chi connectivity index (χ0) is 13.8. The molecular weight excluding hydrogens is 266 g/mol. The number of fused-ring (bicyclic) bond motifs is 1. The molecule has 0 radical (unpaired) electrons. The van der Waals surface area contributed by atoms with Gasteiger partial charge in [-0.25, -0.2) is 0 Å². The van der Waals surface area contributed by atoms with Crippen LogP contribution in [0.15, 0.2) is 65.4 Å². The molecule has 98 valence electrons. The molecule has 0 saturated carbocycles. The van der Waals surface area contributed by atoms with Gasteiger partial charge in [-0.05, 0) is 39.9 Å². The highest BCUT2D eigenvalue weighted by Crippen LogP contribution is 2.22. The van der Waals surface area contributed by atoms with Crippen molar-refractivity contribution in [3.8, 4) is 0 Å². The van der Waals surface area contributed by atoms with E-state index in [0.717, 1.165) is 22.0 Å². The van der Waals surface area contributed by atoms with Crippen molar-refractivity contribution in [1.29, 1.82) is 0 Å². The molecule has 0 fully saturated rings. The van der Waals surface area contributed by atoms with Gasteiger partial charge in [-0.2, -0.15) is 11.3 Å². The van der Waals surface area contributed by atoms with Crippen LogP contribution in [-0.2, 0) is 4.79 Å². The minimum Gasteiger partial charge on any atom is -0.322 e. The minimum absolute atomic E-state index is 0.118. The van der Waals surface area contributed by atoms with Crippen LogP contribution in [0, 0.1) is 0 Å². The maximum absolute atomic E-state index is 12.0. The molecule has 0 aliphatic rings. The van der Waals surface area contributed by atoms with Crippen molar-refractivity contribution in [2.75, 3.05) is 5.32 Å². The van der Waals surface area contributed by atoms with Gasteiger partial charge in [0.1, 0.15) is 0 Å². The summed E-state index contributed by atoms with van der Waals surface area (Å²) in [5.74, 6) is -0.118. The van der Waals surface area contributed by atoms with Crippen molar-refractivity contribution in [3.63, 3.8) is 0 Å². The monoisotopic (exact) mass is 279 g/mol. The number of thiophene rings is 1. The number of benzene rings is 2. The summed E-state index contributed by atoms with van der Waals surface area (Å²) in [5.41, 5.74) is 1.88. The lowest BCUT2D eigenvalue weighted by atomic mass is 10.1. The first kappa shape index (κ1) is 12.6. The highest BCUT2D eigenvalue weighted by atomic mass is 32.1. The average Bonchev–Trinajstić information content (AvgIpc) is 2.99. The summed E-state index contributed by atoms with van der Waals surface area (Å²) in [6.07, 6.45) is 3.38. The molecular formula is C17H13NOS. The molecule has 0 saturated heterocycles. The molecule has 3 aromatic rings. The predicted molar refractivity (Wildman–Crippen MR) is 85.9 cm³/mol. The number of anilines is 1. The van der Waals surface area contributed by atoms with Gasteiger partial charge in [0.2, 0.25) is 5.91 Å².